The van der Waals surface area contributed by atoms with Gasteiger partial charge in [0.1, 0.15) is 5.82 Å². The second-order valence-electron chi connectivity index (χ2n) is 4.34. The van der Waals surface area contributed by atoms with E-state index in [1.807, 2.05) is 0 Å². The first kappa shape index (κ1) is 14.2. The molecule has 0 fully saturated rings. The average Bonchev–Trinajstić information content (AvgIpc) is 2.91. The molecule has 21 heavy (non-hydrogen) atoms. The molecule has 1 aromatic carbocycles. The molecule has 8 heteroatoms. The molecule has 0 spiro atoms. The highest BCUT2D eigenvalue weighted by atomic mass is 32.2. The highest BCUT2D eigenvalue weighted by molar-refractivity contribution is 7.99. The van der Waals surface area contributed by atoms with Crippen LogP contribution in [0.1, 0.15) is 27.3 Å². The van der Waals surface area contributed by atoms with Crippen molar-refractivity contribution in [1.29, 1.82) is 0 Å². The molecule has 0 atom stereocenters. The van der Waals surface area contributed by atoms with Crippen molar-refractivity contribution < 1.29 is 14.0 Å². The molecule has 0 amide bonds. The first-order valence-corrected chi connectivity index (χ1v) is 7.91. The summed E-state index contributed by atoms with van der Waals surface area (Å²) < 4.78 is 17.0. The number of fused-ring (bicyclic) bond motifs is 1. The minimum absolute atomic E-state index is 0.323. The lowest BCUT2D eigenvalue weighted by Gasteiger charge is -2.16. The molecule has 0 saturated carbocycles. The number of halogens is 1. The Labute approximate surface area is 128 Å². The van der Waals surface area contributed by atoms with E-state index in [2.05, 4.69) is 14.7 Å². The fourth-order valence-corrected chi connectivity index (χ4v) is 3.44. The Balaban J connectivity index is 1.84. The largest absolute Gasteiger partial charge is 0.379 e. The van der Waals surface area contributed by atoms with E-state index in [1.165, 1.54) is 12.1 Å². The Morgan fingerprint density at radius 2 is 2.33 bits per heavy atom. The summed E-state index contributed by atoms with van der Waals surface area (Å²) in [6.07, 6.45) is 0.619. The molecule has 0 aliphatic carbocycles. The predicted octanol–water partition coefficient (Wildman–Crippen LogP) is 3.04. The van der Waals surface area contributed by atoms with E-state index in [0.717, 1.165) is 22.2 Å². The number of hydrogen-bond acceptors (Lipinski definition) is 7. The lowest BCUT2D eigenvalue weighted by Crippen LogP contribution is -2.12. The molecule has 0 saturated heterocycles. The van der Waals surface area contributed by atoms with E-state index in [4.69, 9.17) is 4.84 Å². The minimum atomic E-state index is -0.592. The second kappa shape index (κ2) is 5.90. The van der Waals surface area contributed by atoms with Gasteiger partial charge in [0.15, 0.2) is 4.88 Å². The Bertz CT molecular complexity index is 730. The number of carbonyl (C=O) groups excluding carboxylic acids is 1. The molecule has 0 N–H and O–H groups in total. The van der Waals surface area contributed by atoms with Crippen molar-refractivity contribution >= 4 is 35.0 Å². The third kappa shape index (κ3) is 2.96. The van der Waals surface area contributed by atoms with Crippen molar-refractivity contribution in [2.75, 3.05) is 5.75 Å². The van der Waals surface area contributed by atoms with Gasteiger partial charge in [0.2, 0.25) is 0 Å². The highest BCUT2D eigenvalue weighted by Crippen LogP contribution is 2.30. The molecule has 2 heterocycles. The van der Waals surface area contributed by atoms with Gasteiger partial charge in [-0.2, -0.15) is 0 Å². The van der Waals surface area contributed by atoms with Crippen LogP contribution in [0, 0.1) is 12.7 Å². The summed E-state index contributed by atoms with van der Waals surface area (Å²) >= 11 is 2.59. The van der Waals surface area contributed by atoms with Crippen molar-refractivity contribution in [2.24, 2.45) is 5.16 Å². The molecule has 0 radical (unpaired) electrons. The molecule has 1 aliphatic rings. The van der Waals surface area contributed by atoms with Gasteiger partial charge in [-0.15, -0.1) is 16.9 Å². The predicted molar refractivity (Wildman–Crippen MR) is 78.3 cm³/mol. The molecule has 3 rings (SSSR count). The maximum atomic E-state index is 13.4. The summed E-state index contributed by atoms with van der Waals surface area (Å²) in [5.41, 5.74) is 1.76. The maximum absolute atomic E-state index is 13.4. The van der Waals surface area contributed by atoms with E-state index in [0.29, 0.717) is 28.3 Å². The van der Waals surface area contributed by atoms with E-state index in [1.54, 1.807) is 24.8 Å². The topological polar surface area (TPSA) is 64.4 Å². The van der Waals surface area contributed by atoms with Crippen molar-refractivity contribution in [1.82, 2.24) is 9.59 Å². The van der Waals surface area contributed by atoms with E-state index >= 15 is 0 Å². The fourth-order valence-electron chi connectivity index (χ4n) is 1.90. The number of oxime groups is 1. The van der Waals surface area contributed by atoms with Crippen molar-refractivity contribution in [2.45, 2.75) is 18.2 Å². The number of nitrogens with zero attached hydrogens (tertiary/aromatic N) is 3. The number of rotatable bonds is 2. The van der Waals surface area contributed by atoms with Gasteiger partial charge in [-0.25, -0.2) is 9.18 Å². The monoisotopic (exact) mass is 323 g/mol. The maximum Gasteiger partial charge on any atom is 0.379 e. The molecule has 2 aromatic rings. The third-order valence-corrected chi connectivity index (χ3v) is 4.81. The van der Waals surface area contributed by atoms with Gasteiger partial charge in [0.05, 0.1) is 11.4 Å². The summed E-state index contributed by atoms with van der Waals surface area (Å²) in [5.74, 6) is -0.111. The van der Waals surface area contributed by atoms with E-state index in [-0.39, 0.29) is 5.82 Å². The minimum Gasteiger partial charge on any atom is -0.311 e. The number of benzene rings is 1. The highest BCUT2D eigenvalue weighted by Gasteiger charge is 2.19. The molecule has 108 valence electrons. The second-order valence-corrected chi connectivity index (χ2v) is 6.23. The zero-order chi connectivity index (χ0) is 14.8. The lowest BCUT2D eigenvalue weighted by atomic mass is 10.1. The van der Waals surface area contributed by atoms with Gasteiger partial charge in [0.25, 0.3) is 0 Å². The van der Waals surface area contributed by atoms with Gasteiger partial charge in [-0.05, 0) is 36.7 Å². The van der Waals surface area contributed by atoms with Crippen LogP contribution in [0.2, 0.25) is 0 Å². The molecule has 1 aromatic heterocycles. The van der Waals surface area contributed by atoms with Crippen LogP contribution in [-0.2, 0) is 4.84 Å². The van der Waals surface area contributed by atoms with E-state index in [9.17, 15) is 9.18 Å². The van der Waals surface area contributed by atoms with Gasteiger partial charge in [-0.3, -0.25) is 0 Å². The molecule has 1 aliphatic heterocycles. The zero-order valence-electron chi connectivity index (χ0n) is 11.0. The van der Waals surface area contributed by atoms with Gasteiger partial charge >= 0.3 is 5.97 Å². The number of aromatic nitrogens is 2. The molecular formula is C13H10FN3O2S2. The first-order chi connectivity index (χ1) is 10.1. The quantitative estimate of drug-likeness (QED) is 0.628. The summed E-state index contributed by atoms with van der Waals surface area (Å²) in [6, 6.07) is 4.53. The standard InChI is InChI=1S/C13H10FN3O2S2/c1-7-12(21-17-15-7)13(18)19-16-10-4-5-20-11-3-2-8(14)6-9(10)11/h2-3,6H,4-5H2,1H3/b16-10-. The SMILES string of the molecule is Cc1nnsc1C(=O)O/N=C1/CCSc2ccc(F)cc21. The lowest BCUT2D eigenvalue weighted by molar-refractivity contribution is 0.0520. The molecule has 5 nitrogen and oxygen atoms in total. The van der Waals surface area contributed by atoms with Crippen molar-refractivity contribution in [3.63, 3.8) is 0 Å². The Kier molecular flexibility index (Phi) is 3.98. The van der Waals surface area contributed by atoms with Crippen molar-refractivity contribution in [3.05, 3.63) is 40.2 Å². The van der Waals surface area contributed by atoms with Gasteiger partial charge < -0.3 is 4.84 Å². The number of thioether (sulfide) groups is 1. The number of hydrogen-bond donors (Lipinski definition) is 0. The van der Waals surface area contributed by atoms with Gasteiger partial charge in [-0.1, -0.05) is 9.64 Å². The third-order valence-electron chi connectivity index (χ3n) is 2.92. The summed E-state index contributed by atoms with van der Waals surface area (Å²) in [4.78, 5) is 18.1. The van der Waals surface area contributed by atoms with Crippen LogP contribution >= 0.6 is 23.3 Å². The van der Waals surface area contributed by atoms with Gasteiger partial charge in [0, 0.05) is 22.6 Å². The number of carbonyl (C=O) groups is 1. The Morgan fingerprint density at radius 3 is 3.10 bits per heavy atom. The van der Waals surface area contributed by atoms with Crippen LogP contribution in [0.4, 0.5) is 4.39 Å². The fraction of sp³-hybridized carbons (Fsp3) is 0.231. The summed E-state index contributed by atoms with van der Waals surface area (Å²) in [5, 5.41) is 7.65. The zero-order valence-corrected chi connectivity index (χ0v) is 12.6. The first-order valence-electron chi connectivity index (χ1n) is 6.15. The smallest absolute Gasteiger partial charge is 0.311 e. The number of aryl methyl sites for hydroxylation is 1. The van der Waals surface area contributed by atoms with Crippen LogP contribution in [0.5, 0.6) is 0 Å². The summed E-state index contributed by atoms with van der Waals surface area (Å²) in [6.45, 7) is 1.68. The Hall–Kier alpha value is -1.80. The molecule has 0 unspecified atom stereocenters. The van der Waals surface area contributed by atoms with Crippen LogP contribution in [0.25, 0.3) is 0 Å². The van der Waals surface area contributed by atoms with Crippen molar-refractivity contribution in [3.8, 4) is 0 Å². The van der Waals surface area contributed by atoms with Crippen LogP contribution < -0.4 is 0 Å². The summed E-state index contributed by atoms with van der Waals surface area (Å²) in [7, 11) is 0. The molecule has 0 bridgehead atoms. The van der Waals surface area contributed by atoms with E-state index < -0.39 is 5.97 Å². The van der Waals surface area contributed by atoms with Crippen LogP contribution in [0.3, 0.4) is 0 Å². The van der Waals surface area contributed by atoms with Crippen LogP contribution in [0.15, 0.2) is 28.3 Å². The average molecular weight is 323 g/mol. The Morgan fingerprint density at radius 1 is 1.48 bits per heavy atom. The normalized spacial score (nSPS) is 15.8. The van der Waals surface area contributed by atoms with Crippen LogP contribution in [-0.4, -0.2) is 27.0 Å². The molecular weight excluding hydrogens is 313 g/mol.